The van der Waals surface area contributed by atoms with Crippen LogP contribution in [-0.2, 0) is 4.79 Å². The molecule has 0 aliphatic heterocycles. The van der Waals surface area contributed by atoms with Gasteiger partial charge in [0, 0.05) is 12.6 Å². The van der Waals surface area contributed by atoms with Gasteiger partial charge in [-0.25, -0.2) is 0 Å². The van der Waals surface area contributed by atoms with Gasteiger partial charge < -0.3 is 10.4 Å². The molecule has 4 heteroatoms. The number of carbonyl (C=O) groups is 2. The maximum Gasteiger partial charge on any atom is 0.221 e. The number of rotatable bonds is 3. The van der Waals surface area contributed by atoms with Crippen molar-refractivity contribution in [1.82, 2.24) is 0 Å². The molecule has 2 N–H and O–H groups in total. The lowest BCUT2D eigenvalue weighted by Gasteiger charge is -2.07. The Balaban J connectivity index is 2.38. The summed E-state index contributed by atoms with van der Waals surface area (Å²) in [5.74, 6) is -0.200. The summed E-state index contributed by atoms with van der Waals surface area (Å²) < 4.78 is 0. The van der Waals surface area contributed by atoms with Crippen LogP contribution in [0.15, 0.2) is 42.5 Å². The number of phenols is 1. The van der Waals surface area contributed by atoms with Gasteiger partial charge in [-0.3, -0.25) is 9.59 Å². The number of anilines is 1. The zero-order chi connectivity index (χ0) is 13.8. The average Bonchev–Trinajstić information content (AvgIpc) is 2.38. The number of hydrogen-bond donors (Lipinski definition) is 2. The normalized spacial score (nSPS) is 9.95. The lowest BCUT2D eigenvalue weighted by atomic mass is 10.0. The minimum Gasteiger partial charge on any atom is -0.507 e. The van der Waals surface area contributed by atoms with Crippen molar-refractivity contribution < 1.29 is 14.7 Å². The molecule has 0 radical (unpaired) electrons. The average molecular weight is 255 g/mol. The third-order valence-electron chi connectivity index (χ3n) is 2.67. The first-order chi connectivity index (χ1) is 9.10. The molecule has 2 aromatic rings. The molecule has 0 fully saturated rings. The van der Waals surface area contributed by atoms with Gasteiger partial charge in [0.25, 0.3) is 0 Å². The van der Waals surface area contributed by atoms with Crippen molar-refractivity contribution >= 4 is 17.9 Å². The molecular formula is C15H13NO3. The Morgan fingerprint density at radius 1 is 1.16 bits per heavy atom. The number of phenolic OH excluding ortho intramolecular Hbond substituents is 1. The second kappa shape index (κ2) is 5.35. The number of benzene rings is 2. The largest absolute Gasteiger partial charge is 0.507 e. The van der Waals surface area contributed by atoms with Gasteiger partial charge in [-0.15, -0.1) is 0 Å². The van der Waals surface area contributed by atoms with Crippen LogP contribution in [0.4, 0.5) is 5.69 Å². The van der Waals surface area contributed by atoms with Crippen LogP contribution in [0.3, 0.4) is 0 Å². The number of hydrogen-bond acceptors (Lipinski definition) is 3. The molecule has 0 bridgehead atoms. The fourth-order valence-electron chi connectivity index (χ4n) is 1.80. The molecule has 0 saturated carbocycles. The Bertz CT molecular complexity index is 635. The standard InChI is InChI=1S/C15H13NO3/c1-10(18)16-14-4-2-3-11(7-14)12-5-6-13(9-17)15(19)8-12/h2-9,19H,1H3,(H,16,18). The highest BCUT2D eigenvalue weighted by molar-refractivity contribution is 5.89. The number of amides is 1. The topological polar surface area (TPSA) is 66.4 Å². The molecule has 19 heavy (non-hydrogen) atoms. The van der Waals surface area contributed by atoms with E-state index in [-0.39, 0.29) is 17.2 Å². The number of aromatic hydroxyl groups is 1. The molecule has 2 rings (SSSR count). The van der Waals surface area contributed by atoms with Gasteiger partial charge in [-0.1, -0.05) is 18.2 Å². The highest BCUT2D eigenvalue weighted by atomic mass is 16.3. The molecule has 0 heterocycles. The van der Waals surface area contributed by atoms with Crippen molar-refractivity contribution in [2.75, 3.05) is 5.32 Å². The van der Waals surface area contributed by atoms with Gasteiger partial charge in [0.15, 0.2) is 6.29 Å². The Labute approximate surface area is 110 Å². The summed E-state index contributed by atoms with van der Waals surface area (Å²) in [6.07, 6.45) is 0.604. The summed E-state index contributed by atoms with van der Waals surface area (Å²) in [6.45, 7) is 1.44. The monoisotopic (exact) mass is 255 g/mol. The van der Waals surface area contributed by atoms with Crippen molar-refractivity contribution in [3.05, 3.63) is 48.0 Å². The van der Waals surface area contributed by atoms with Crippen LogP contribution in [-0.4, -0.2) is 17.3 Å². The van der Waals surface area contributed by atoms with Crippen LogP contribution in [0.25, 0.3) is 11.1 Å². The molecule has 96 valence electrons. The van der Waals surface area contributed by atoms with E-state index in [9.17, 15) is 14.7 Å². The predicted molar refractivity (Wildman–Crippen MR) is 73.2 cm³/mol. The smallest absolute Gasteiger partial charge is 0.221 e. The van der Waals surface area contributed by atoms with E-state index in [0.717, 1.165) is 11.1 Å². The van der Waals surface area contributed by atoms with Crippen LogP contribution in [0.1, 0.15) is 17.3 Å². The van der Waals surface area contributed by atoms with E-state index in [1.54, 1.807) is 24.3 Å². The van der Waals surface area contributed by atoms with Gasteiger partial charge in [0.2, 0.25) is 5.91 Å². The highest BCUT2D eigenvalue weighted by Gasteiger charge is 2.04. The first-order valence-corrected chi connectivity index (χ1v) is 5.76. The fourth-order valence-corrected chi connectivity index (χ4v) is 1.80. The Morgan fingerprint density at radius 3 is 2.53 bits per heavy atom. The number of aldehydes is 1. The van der Waals surface area contributed by atoms with Crippen LogP contribution >= 0.6 is 0 Å². The Hall–Kier alpha value is -2.62. The van der Waals surface area contributed by atoms with Crippen molar-refractivity contribution in [3.63, 3.8) is 0 Å². The third kappa shape index (κ3) is 2.98. The van der Waals surface area contributed by atoms with Gasteiger partial charge in [0.1, 0.15) is 5.75 Å². The second-order valence-corrected chi connectivity index (χ2v) is 4.15. The molecule has 0 atom stereocenters. The molecule has 0 unspecified atom stereocenters. The Kier molecular flexibility index (Phi) is 3.61. The lowest BCUT2D eigenvalue weighted by molar-refractivity contribution is -0.114. The van der Waals surface area contributed by atoms with Crippen LogP contribution in [0.2, 0.25) is 0 Å². The van der Waals surface area contributed by atoms with Crippen molar-refractivity contribution in [3.8, 4) is 16.9 Å². The van der Waals surface area contributed by atoms with E-state index in [2.05, 4.69) is 5.32 Å². The Morgan fingerprint density at radius 2 is 1.89 bits per heavy atom. The zero-order valence-corrected chi connectivity index (χ0v) is 10.4. The molecule has 0 aromatic heterocycles. The quantitative estimate of drug-likeness (QED) is 0.829. The summed E-state index contributed by atoms with van der Waals surface area (Å²) >= 11 is 0. The van der Waals surface area contributed by atoms with Crippen LogP contribution in [0, 0.1) is 0 Å². The molecule has 0 saturated heterocycles. The first kappa shape index (κ1) is 12.8. The van der Waals surface area contributed by atoms with Crippen LogP contribution < -0.4 is 5.32 Å². The molecule has 2 aromatic carbocycles. The molecular weight excluding hydrogens is 242 g/mol. The predicted octanol–water partition coefficient (Wildman–Crippen LogP) is 2.83. The SMILES string of the molecule is CC(=O)Nc1cccc(-c2ccc(C=O)c(O)c2)c1. The number of carbonyl (C=O) groups excluding carboxylic acids is 2. The maximum absolute atomic E-state index is 11.0. The zero-order valence-electron chi connectivity index (χ0n) is 10.4. The minimum absolute atomic E-state index is 0.0579. The molecule has 0 spiro atoms. The summed E-state index contributed by atoms with van der Waals surface area (Å²) in [4.78, 5) is 21.7. The fraction of sp³-hybridized carbons (Fsp3) is 0.0667. The highest BCUT2D eigenvalue weighted by Crippen LogP contribution is 2.27. The van der Waals surface area contributed by atoms with Gasteiger partial charge in [-0.2, -0.15) is 0 Å². The van der Waals surface area contributed by atoms with E-state index in [1.807, 2.05) is 12.1 Å². The van der Waals surface area contributed by atoms with E-state index in [1.165, 1.54) is 13.0 Å². The summed E-state index contributed by atoms with van der Waals surface area (Å²) in [5, 5.41) is 12.4. The molecule has 1 amide bonds. The van der Waals surface area contributed by atoms with Crippen LogP contribution in [0.5, 0.6) is 5.75 Å². The first-order valence-electron chi connectivity index (χ1n) is 5.76. The van der Waals surface area contributed by atoms with Crippen molar-refractivity contribution in [2.45, 2.75) is 6.92 Å². The minimum atomic E-state index is -0.142. The van der Waals surface area contributed by atoms with Crippen molar-refractivity contribution in [2.24, 2.45) is 0 Å². The summed E-state index contributed by atoms with van der Waals surface area (Å²) in [5.41, 5.74) is 2.56. The summed E-state index contributed by atoms with van der Waals surface area (Å²) in [6, 6.07) is 12.1. The molecule has 4 nitrogen and oxygen atoms in total. The van der Waals surface area contributed by atoms with Crippen molar-refractivity contribution in [1.29, 1.82) is 0 Å². The molecule has 0 aliphatic carbocycles. The van der Waals surface area contributed by atoms with Gasteiger partial charge >= 0.3 is 0 Å². The lowest BCUT2D eigenvalue weighted by Crippen LogP contribution is -2.05. The van der Waals surface area contributed by atoms with E-state index in [0.29, 0.717) is 12.0 Å². The summed E-state index contributed by atoms with van der Waals surface area (Å²) in [7, 11) is 0. The van der Waals surface area contributed by atoms with Gasteiger partial charge in [0.05, 0.1) is 5.56 Å². The van der Waals surface area contributed by atoms with E-state index >= 15 is 0 Å². The third-order valence-corrected chi connectivity index (χ3v) is 2.67. The second-order valence-electron chi connectivity index (χ2n) is 4.15. The maximum atomic E-state index is 11.0. The van der Waals surface area contributed by atoms with E-state index < -0.39 is 0 Å². The van der Waals surface area contributed by atoms with Gasteiger partial charge in [-0.05, 0) is 35.4 Å². The molecule has 0 aliphatic rings. The van der Waals surface area contributed by atoms with E-state index in [4.69, 9.17) is 0 Å². The number of nitrogens with one attached hydrogen (secondary N) is 1.